The predicted molar refractivity (Wildman–Crippen MR) is 73.2 cm³/mol. The van der Waals surface area contributed by atoms with E-state index in [0.29, 0.717) is 19.1 Å². The number of urea groups is 1. The molecule has 0 aliphatic rings. The Bertz CT molecular complexity index is 292. The van der Waals surface area contributed by atoms with E-state index in [1.165, 1.54) is 12.0 Å². The van der Waals surface area contributed by atoms with Crippen molar-refractivity contribution < 1.29 is 19.4 Å². The second-order valence-corrected chi connectivity index (χ2v) is 5.23. The van der Waals surface area contributed by atoms with E-state index < -0.39 is 5.97 Å². The van der Waals surface area contributed by atoms with Gasteiger partial charge in [0.25, 0.3) is 0 Å². The smallest absolute Gasteiger partial charge is 0.323 e. The number of carbonyl (C=O) groups is 2. The molecule has 0 aromatic rings. The molecule has 0 fully saturated rings. The molecule has 112 valence electrons. The predicted octanol–water partition coefficient (Wildman–Crippen LogP) is 1.51. The molecule has 0 bridgehead atoms. The Labute approximate surface area is 115 Å². The number of carboxylic acids is 1. The Hall–Kier alpha value is -1.30. The molecule has 0 saturated carbocycles. The Morgan fingerprint density at radius 1 is 1.21 bits per heavy atom. The molecule has 0 aromatic heterocycles. The first-order valence-corrected chi connectivity index (χ1v) is 6.55. The minimum Gasteiger partial charge on any atom is -0.480 e. The van der Waals surface area contributed by atoms with Gasteiger partial charge >= 0.3 is 12.0 Å². The minimum absolute atomic E-state index is 0.0359. The first-order valence-electron chi connectivity index (χ1n) is 6.55. The van der Waals surface area contributed by atoms with Crippen LogP contribution in [0.2, 0.25) is 0 Å². The summed E-state index contributed by atoms with van der Waals surface area (Å²) in [6.45, 7) is 8.82. The number of carbonyl (C=O) groups excluding carboxylic acids is 1. The molecule has 0 spiro atoms. The van der Waals surface area contributed by atoms with Gasteiger partial charge in [0.2, 0.25) is 0 Å². The van der Waals surface area contributed by atoms with Crippen molar-refractivity contribution in [1.82, 2.24) is 9.80 Å². The molecule has 0 radical (unpaired) electrons. The normalized spacial score (nSPS) is 10.9. The van der Waals surface area contributed by atoms with Crippen LogP contribution in [0.25, 0.3) is 0 Å². The van der Waals surface area contributed by atoms with Crippen molar-refractivity contribution in [1.29, 1.82) is 0 Å². The SMILES string of the molecule is COCCN(CC(=O)O)C(=O)N(CC(C)C)C(C)C. The molecule has 2 amide bonds. The van der Waals surface area contributed by atoms with E-state index in [0.717, 1.165) is 0 Å². The summed E-state index contributed by atoms with van der Waals surface area (Å²) in [5.41, 5.74) is 0. The fraction of sp³-hybridized carbons (Fsp3) is 0.846. The second-order valence-electron chi connectivity index (χ2n) is 5.23. The Balaban J connectivity index is 4.83. The van der Waals surface area contributed by atoms with Crippen molar-refractivity contribution in [3.8, 4) is 0 Å². The van der Waals surface area contributed by atoms with E-state index in [9.17, 15) is 9.59 Å². The summed E-state index contributed by atoms with van der Waals surface area (Å²) in [6, 6.07) is -0.211. The number of aliphatic carboxylic acids is 1. The highest BCUT2D eigenvalue weighted by atomic mass is 16.5. The van der Waals surface area contributed by atoms with Gasteiger partial charge in [-0.3, -0.25) is 4.79 Å². The number of hydrogen-bond acceptors (Lipinski definition) is 3. The largest absolute Gasteiger partial charge is 0.480 e. The van der Waals surface area contributed by atoms with E-state index >= 15 is 0 Å². The molecule has 0 aliphatic heterocycles. The van der Waals surface area contributed by atoms with Gasteiger partial charge in [-0.1, -0.05) is 13.8 Å². The zero-order chi connectivity index (χ0) is 15.0. The van der Waals surface area contributed by atoms with Crippen molar-refractivity contribution in [2.45, 2.75) is 33.7 Å². The molecule has 0 atom stereocenters. The molecule has 6 heteroatoms. The summed E-state index contributed by atoms with van der Waals surface area (Å²) in [6.07, 6.45) is 0. The van der Waals surface area contributed by atoms with Crippen LogP contribution in [0.15, 0.2) is 0 Å². The van der Waals surface area contributed by atoms with E-state index in [1.807, 2.05) is 27.7 Å². The van der Waals surface area contributed by atoms with Gasteiger partial charge in [-0.2, -0.15) is 0 Å². The highest BCUT2D eigenvalue weighted by Gasteiger charge is 2.25. The van der Waals surface area contributed by atoms with Gasteiger partial charge in [0.15, 0.2) is 0 Å². The molecule has 0 saturated heterocycles. The summed E-state index contributed by atoms with van der Waals surface area (Å²) < 4.78 is 4.92. The monoisotopic (exact) mass is 274 g/mol. The zero-order valence-electron chi connectivity index (χ0n) is 12.5. The van der Waals surface area contributed by atoms with Crippen LogP contribution >= 0.6 is 0 Å². The highest BCUT2D eigenvalue weighted by Crippen LogP contribution is 2.08. The summed E-state index contributed by atoms with van der Waals surface area (Å²) in [5.74, 6) is -0.682. The molecule has 19 heavy (non-hydrogen) atoms. The average molecular weight is 274 g/mol. The summed E-state index contributed by atoms with van der Waals surface area (Å²) in [7, 11) is 1.53. The van der Waals surface area contributed by atoms with E-state index in [-0.39, 0.29) is 25.2 Å². The third-order valence-electron chi connectivity index (χ3n) is 2.59. The maximum absolute atomic E-state index is 12.4. The fourth-order valence-corrected chi connectivity index (χ4v) is 1.69. The van der Waals surface area contributed by atoms with Gasteiger partial charge in [0.05, 0.1) is 6.61 Å². The standard InChI is InChI=1S/C13H26N2O4/c1-10(2)8-15(11(3)4)13(18)14(6-7-19-5)9-12(16)17/h10-11H,6-9H2,1-5H3,(H,16,17). The maximum atomic E-state index is 12.4. The molecule has 0 aliphatic carbocycles. The third kappa shape index (κ3) is 7.00. The number of methoxy groups -OCH3 is 1. The molecule has 6 nitrogen and oxygen atoms in total. The number of amides is 2. The molecular weight excluding hydrogens is 248 g/mol. The molecular formula is C13H26N2O4. The Morgan fingerprint density at radius 2 is 1.79 bits per heavy atom. The molecule has 0 unspecified atom stereocenters. The van der Waals surface area contributed by atoms with E-state index in [1.54, 1.807) is 4.90 Å². The quantitative estimate of drug-likeness (QED) is 0.728. The number of hydrogen-bond donors (Lipinski definition) is 1. The van der Waals surface area contributed by atoms with E-state index in [4.69, 9.17) is 9.84 Å². The first kappa shape index (κ1) is 17.7. The lowest BCUT2D eigenvalue weighted by Crippen LogP contribution is -2.50. The minimum atomic E-state index is -1.02. The molecule has 0 aromatic carbocycles. The van der Waals surface area contributed by atoms with Crippen LogP contribution in [-0.4, -0.2) is 66.3 Å². The fourth-order valence-electron chi connectivity index (χ4n) is 1.69. The van der Waals surface area contributed by atoms with Crippen LogP contribution in [0.3, 0.4) is 0 Å². The van der Waals surface area contributed by atoms with Crippen LogP contribution in [0.4, 0.5) is 4.79 Å². The number of ether oxygens (including phenoxy) is 1. The average Bonchev–Trinajstić information content (AvgIpc) is 2.29. The van der Waals surface area contributed by atoms with Crippen LogP contribution in [0.5, 0.6) is 0 Å². The first-order chi connectivity index (χ1) is 8.79. The van der Waals surface area contributed by atoms with Crippen molar-refractivity contribution >= 4 is 12.0 Å². The van der Waals surface area contributed by atoms with Crippen molar-refractivity contribution in [3.63, 3.8) is 0 Å². The molecule has 1 N–H and O–H groups in total. The Morgan fingerprint density at radius 3 is 2.16 bits per heavy atom. The van der Waals surface area contributed by atoms with Gasteiger partial charge in [-0.25, -0.2) is 4.79 Å². The van der Waals surface area contributed by atoms with Gasteiger partial charge < -0.3 is 19.6 Å². The third-order valence-corrected chi connectivity index (χ3v) is 2.59. The lowest BCUT2D eigenvalue weighted by atomic mass is 10.2. The van der Waals surface area contributed by atoms with Crippen molar-refractivity contribution in [2.75, 3.05) is 33.4 Å². The number of carboxylic acid groups (broad SMARTS) is 1. The Kier molecular flexibility index (Phi) is 8.14. The summed E-state index contributed by atoms with van der Waals surface area (Å²) in [5, 5.41) is 8.88. The van der Waals surface area contributed by atoms with E-state index in [2.05, 4.69) is 0 Å². The highest BCUT2D eigenvalue weighted by molar-refractivity contribution is 5.80. The summed E-state index contributed by atoms with van der Waals surface area (Å²) >= 11 is 0. The van der Waals surface area contributed by atoms with Crippen molar-refractivity contribution in [2.24, 2.45) is 5.92 Å². The lowest BCUT2D eigenvalue weighted by Gasteiger charge is -2.33. The maximum Gasteiger partial charge on any atom is 0.323 e. The van der Waals surface area contributed by atoms with Crippen molar-refractivity contribution in [3.05, 3.63) is 0 Å². The molecule has 0 heterocycles. The zero-order valence-corrected chi connectivity index (χ0v) is 12.5. The topological polar surface area (TPSA) is 70.1 Å². The van der Waals surface area contributed by atoms with Crippen LogP contribution < -0.4 is 0 Å². The van der Waals surface area contributed by atoms with Gasteiger partial charge in [0.1, 0.15) is 6.54 Å². The van der Waals surface area contributed by atoms with Crippen LogP contribution in [0, 0.1) is 5.92 Å². The van der Waals surface area contributed by atoms with Gasteiger partial charge in [-0.15, -0.1) is 0 Å². The second kappa shape index (κ2) is 8.74. The van der Waals surface area contributed by atoms with Crippen LogP contribution in [0.1, 0.15) is 27.7 Å². The summed E-state index contributed by atoms with van der Waals surface area (Å²) in [4.78, 5) is 26.2. The lowest BCUT2D eigenvalue weighted by molar-refractivity contribution is -0.137. The van der Waals surface area contributed by atoms with Gasteiger partial charge in [-0.05, 0) is 19.8 Å². The van der Waals surface area contributed by atoms with Gasteiger partial charge in [0, 0.05) is 26.2 Å². The van der Waals surface area contributed by atoms with Crippen LogP contribution in [-0.2, 0) is 9.53 Å². The number of rotatable bonds is 8. The molecule has 0 rings (SSSR count). The number of nitrogens with zero attached hydrogens (tertiary/aromatic N) is 2.